The zero-order valence-electron chi connectivity index (χ0n) is 15.4. The molecule has 26 heavy (non-hydrogen) atoms. The Hall–Kier alpha value is -1.64. The molecule has 2 amide bonds. The van der Waals surface area contributed by atoms with Crippen LogP contribution in [0.4, 0.5) is 0 Å². The van der Waals surface area contributed by atoms with E-state index in [9.17, 15) is 18.0 Å². The minimum Gasteiger partial charge on any atom is -0.346 e. The van der Waals surface area contributed by atoms with E-state index in [0.717, 1.165) is 4.31 Å². The Balaban J connectivity index is 0.00000338. The van der Waals surface area contributed by atoms with Gasteiger partial charge in [-0.3, -0.25) is 9.59 Å². The molecule has 1 aliphatic heterocycles. The first kappa shape index (κ1) is 22.4. The molecular formula is C17H26ClN3O4S. The maximum atomic E-state index is 12.6. The van der Waals surface area contributed by atoms with E-state index in [4.69, 9.17) is 5.73 Å². The molecule has 0 bridgehead atoms. The van der Waals surface area contributed by atoms with E-state index in [2.05, 4.69) is 5.32 Å². The summed E-state index contributed by atoms with van der Waals surface area (Å²) in [7, 11) is -3.89. The van der Waals surface area contributed by atoms with Crippen LogP contribution in [0.15, 0.2) is 23.1 Å². The van der Waals surface area contributed by atoms with Crippen molar-refractivity contribution >= 4 is 34.2 Å². The van der Waals surface area contributed by atoms with Crippen LogP contribution in [-0.4, -0.2) is 43.2 Å². The Labute approximate surface area is 160 Å². The van der Waals surface area contributed by atoms with Crippen molar-refractivity contribution in [3.05, 3.63) is 29.3 Å². The van der Waals surface area contributed by atoms with Gasteiger partial charge in [0.2, 0.25) is 0 Å². The second kappa shape index (κ2) is 7.94. The highest BCUT2D eigenvalue weighted by Gasteiger charge is 2.40. The third-order valence-corrected chi connectivity index (χ3v) is 6.18. The van der Waals surface area contributed by atoms with E-state index < -0.39 is 27.4 Å². The highest BCUT2D eigenvalue weighted by Crippen LogP contribution is 2.31. The van der Waals surface area contributed by atoms with Crippen LogP contribution in [0, 0.1) is 5.92 Å². The summed E-state index contributed by atoms with van der Waals surface area (Å²) in [6.07, 6.45) is 0.695. The smallest absolute Gasteiger partial charge is 0.268 e. The summed E-state index contributed by atoms with van der Waals surface area (Å²) in [6.45, 7) is 7.84. The van der Waals surface area contributed by atoms with Gasteiger partial charge < -0.3 is 11.1 Å². The lowest BCUT2D eigenvalue weighted by Crippen LogP contribution is -2.52. The molecule has 1 aliphatic rings. The fourth-order valence-electron chi connectivity index (χ4n) is 3.16. The molecule has 0 aliphatic carbocycles. The van der Waals surface area contributed by atoms with E-state index in [0.29, 0.717) is 12.3 Å². The molecule has 1 unspecified atom stereocenters. The number of nitrogens with two attached hydrogens (primary N) is 1. The number of benzene rings is 1. The zero-order valence-corrected chi connectivity index (χ0v) is 17.0. The number of hydrogen-bond acceptors (Lipinski definition) is 5. The standard InChI is InChI=1S/C17H25N3O4S.ClH/c1-5-20-16(22)13-7-6-12(8-14(13)25(20,23)24)15(21)19-17(4,10-18)9-11(2)3;/h6-8,11H,5,9-10,18H2,1-4H3,(H,19,21);1H. The number of nitrogens with zero attached hydrogens (tertiary/aromatic N) is 1. The molecule has 0 saturated heterocycles. The van der Waals surface area contributed by atoms with Gasteiger partial charge in [0.1, 0.15) is 4.90 Å². The molecule has 7 nitrogen and oxygen atoms in total. The van der Waals surface area contributed by atoms with Crippen molar-refractivity contribution in [2.75, 3.05) is 13.1 Å². The summed E-state index contributed by atoms with van der Waals surface area (Å²) in [5, 5.41) is 2.89. The molecule has 2 rings (SSSR count). The monoisotopic (exact) mass is 403 g/mol. The minimum absolute atomic E-state index is 0. The van der Waals surface area contributed by atoms with Gasteiger partial charge in [0.25, 0.3) is 21.8 Å². The predicted molar refractivity (Wildman–Crippen MR) is 102 cm³/mol. The van der Waals surface area contributed by atoms with Gasteiger partial charge in [-0.1, -0.05) is 13.8 Å². The Morgan fingerprint density at radius 3 is 2.46 bits per heavy atom. The lowest BCUT2D eigenvalue weighted by Gasteiger charge is -2.31. The first-order chi connectivity index (χ1) is 11.6. The van der Waals surface area contributed by atoms with Gasteiger partial charge in [0.15, 0.2) is 0 Å². The highest BCUT2D eigenvalue weighted by molar-refractivity contribution is 7.90. The maximum Gasteiger partial charge on any atom is 0.268 e. The quantitative estimate of drug-likeness (QED) is 0.752. The van der Waals surface area contributed by atoms with Crippen LogP contribution < -0.4 is 11.1 Å². The van der Waals surface area contributed by atoms with Gasteiger partial charge in [-0.2, -0.15) is 0 Å². The van der Waals surface area contributed by atoms with Gasteiger partial charge in [0, 0.05) is 24.2 Å². The van der Waals surface area contributed by atoms with E-state index in [1.54, 1.807) is 6.92 Å². The normalized spacial score (nSPS) is 17.5. The van der Waals surface area contributed by atoms with Crippen molar-refractivity contribution in [1.82, 2.24) is 9.62 Å². The molecule has 0 saturated carbocycles. The van der Waals surface area contributed by atoms with Crippen LogP contribution in [0.3, 0.4) is 0 Å². The third-order valence-electron chi connectivity index (χ3n) is 4.28. The molecule has 146 valence electrons. The number of rotatable bonds is 6. The molecule has 1 atom stereocenters. The van der Waals surface area contributed by atoms with E-state index in [1.807, 2.05) is 20.8 Å². The number of nitrogens with one attached hydrogen (secondary N) is 1. The average molecular weight is 404 g/mol. The van der Waals surface area contributed by atoms with Crippen LogP contribution in [0.5, 0.6) is 0 Å². The molecule has 0 spiro atoms. The average Bonchev–Trinajstić information content (AvgIpc) is 2.72. The maximum absolute atomic E-state index is 12.6. The number of amides is 2. The Bertz CT molecular complexity index is 810. The van der Waals surface area contributed by atoms with Crippen molar-refractivity contribution in [2.45, 2.75) is 44.6 Å². The summed E-state index contributed by atoms with van der Waals surface area (Å²) >= 11 is 0. The molecule has 9 heteroatoms. The Kier molecular flexibility index (Phi) is 6.84. The molecule has 1 aromatic rings. The Morgan fingerprint density at radius 1 is 1.35 bits per heavy atom. The first-order valence-corrected chi connectivity index (χ1v) is 9.73. The molecule has 1 heterocycles. The molecular weight excluding hydrogens is 378 g/mol. The van der Waals surface area contributed by atoms with Crippen molar-refractivity contribution in [1.29, 1.82) is 0 Å². The summed E-state index contributed by atoms with van der Waals surface area (Å²) < 4.78 is 25.7. The Morgan fingerprint density at radius 2 is 1.96 bits per heavy atom. The molecule has 1 aromatic carbocycles. The van der Waals surface area contributed by atoms with Crippen LogP contribution in [0.1, 0.15) is 54.8 Å². The van der Waals surface area contributed by atoms with Crippen molar-refractivity contribution < 1.29 is 18.0 Å². The van der Waals surface area contributed by atoms with Crippen molar-refractivity contribution in [3.63, 3.8) is 0 Å². The fourth-order valence-corrected chi connectivity index (χ4v) is 4.77. The fraction of sp³-hybridized carbons (Fsp3) is 0.529. The minimum atomic E-state index is -3.89. The predicted octanol–water partition coefficient (Wildman–Crippen LogP) is 1.77. The number of hydrogen-bond donors (Lipinski definition) is 2. The number of fused-ring (bicyclic) bond motifs is 1. The van der Waals surface area contributed by atoms with Gasteiger partial charge in [-0.15, -0.1) is 12.4 Å². The molecule has 0 radical (unpaired) electrons. The van der Waals surface area contributed by atoms with Gasteiger partial charge in [-0.25, -0.2) is 12.7 Å². The van der Waals surface area contributed by atoms with E-state index in [1.165, 1.54) is 18.2 Å². The lowest BCUT2D eigenvalue weighted by molar-refractivity contribution is 0.0870. The van der Waals surface area contributed by atoms with Crippen molar-refractivity contribution in [2.24, 2.45) is 11.7 Å². The van der Waals surface area contributed by atoms with E-state index >= 15 is 0 Å². The van der Waals surface area contributed by atoms with Crippen LogP contribution in [0.2, 0.25) is 0 Å². The van der Waals surface area contributed by atoms with Crippen molar-refractivity contribution in [3.8, 4) is 0 Å². The number of carbonyl (C=O) groups excluding carboxylic acids is 2. The van der Waals surface area contributed by atoms with Gasteiger partial charge in [-0.05, 0) is 44.4 Å². The summed E-state index contributed by atoms with van der Waals surface area (Å²) in [5.41, 5.74) is 5.51. The van der Waals surface area contributed by atoms with Gasteiger partial charge in [0.05, 0.1) is 5.56 Å². The summed E-state index contributed by atoms with van der Waals surface area (Å²) in [5.74, 6) is -0.630. The largest absolute Gasteiger partial charge is 0.346 e. The topological polar surface area (TPSA) is 110 Å². The van der Waals surface area contributed by atoms with Crippen LogP contribution >= 0.6 is 12.4 Å². The van der Waals surface area contributed by atoms with Gasteiger partial charge >= 0.3 is 0 Å². The zero-order chi connectivity index (χ0) is 19.0. The number of halogens is 1. The summed E-state index contributed by atoms with van der Waals surface area (Å²) in [4.78, 5) is 24.6. The molecule has 3 N–H and O–H groups in total. The van der Waals surface area contributed by atoms with Crippen LogP contribution in [-0.2, 0) is 10.0 Å². The number of sulfonamides is 1. The molecule has 0 fully saturated rings. The van der Waals surface area contributed by atoms with E-state index in [-0.39, 0.29) is 41.5 Å². The number of carbonyl (C=O) groups is 2. The lowest BCUT2D eigenvalue weighted by atomic mass is 9.90. The second-order valence-corrected chi connectivity index (χ2v) is 8.83. The van der Waals surface area contributed by atoms with Crippen LogP contribution in [0.25, 0.3) is 0 Å². The SMILES string of the molecule is CCN1C(=O)c2ccc(C(=O)NC(C)(CN)CC(C)C)cc2S1(=O)=O.Cl. The third kappa shape index (κ3) is 4.02. The first-order valence-electron chi connectivity index (χ1n) is 8.29. The highest BCUT2D eigenvalue weighted by atomic mass is 35.5. The summed E-state index contributed by atoms with van der Waals surface area (Å²) in [6, 6.07) is 4.12. The second-order valence-electron chi connectivity index (χ2n) is 7.00. The molecule has 0 aromatic heterocycles.